The van der Waals surface area contributed by atoms with Crippen LogP contribution in [0.1, 0.15) is 27.7 Å². The molecule has 0 bridgehead atoms. The first-order valence-corrected chi connectivity index (χ1v) is 3.50. The van der Waals surface area contributed by atoms with Crippen molar-refractivity contribution in [1.29, 1.82) is 0 Å². The van der Waals surface area contributed by atoms with E-state index in [1.54, 1.807) is 0 Å². The van der Waals surface area contributed by atoms with Gasteiger partial charge in [0.15, 0.2) is 6.23 Å². The van der Waals surface area contributed by atoms with Crippen LogP contribution in [0, 0.1) is 5.41 Å². The second-order valence-electron chi connectivity index (χ2n) is 3.56. The summed E-state index contributed by atoms with van der Waals surface area (Å²) in [5.74, 6) is 0.792. The lowest BCUT2D eigenvalue weighted by Crippen LogP contribution is -2.23. The zero-order valence-electron chi connectivity index (χ0n) is 6.93. The van der Waals surface area contributed by atoms with Crippen LogP contribution in [0.4, 0.5) is 0 Å². The average Bonchev–Trinajstić information content (AvgIpc) is 2.11. The Morgan fingerprint density at radius 1 is 1.50 bits per heavy atom. The number of hydrogen-bond acceptors (Lipinski definition) is 3. The van der Waals surface area contributed by atoms with Gasteiger partial charge in [0.25, 0.3) is 0 Å². The topological polar surface area (TPSA) is 33.6 Å². The molecule has 1 aliphatic heterocycles. The molecule has 58 valence electrons. The van der Waals surface area contributed by atoms with Crippen molar-refractivity contribution in [2.24, 2.45) is 10.5 Å². The summed E-state index contributed by atoms with van der Waals surface area (Å²) in [5, 5.41) is 4.03. The molecule has 1 rings (SSSR count). The molecule has 1 N–H and O–H groups in total. The zero-order valence-corrected chi connectivity index (χ0v) is 6.93. The van der Waals surface area contributed by atoms with Crippen molar-refractivity contribution in [3.63, 3.8) is 0 Å². The van der Waals surface area contributed by atoms with E-state index < -0.39 is 0 Å². The molecule has 0 aromatic rings. The van der Waals surface area contributed by atoms with Crippen LogP contribution in [-0.2, 0) is 4.74 Å². The molecule has 0 saturated heterocycles. The highest BCUT2D eigenvalue weighted by Crippen LogP contribution is 2.19. The van der Waals surface area contributed by atoms with E-state index in [0.29, 0.717) is 0 Å². The third-order valence-electron chi connectivity index (χ3n) is 1.28. The van der Waals surface area contributed by atoms with E-state index >= 15 is 0 Å². The lowest BCUT2D eigenvalue weighted by molar-refractivity contribution is 0.188. The Balaban J connectivity index is 2.60. The van der Waals surface area contributed by atoms with Gasteiger partial charge in [0.2, 0.25) is 5.90 Å². The highest BCUT2D eigenvalue weighted by molar-refractivity contribution is 5.82. The van der Waals surface area contributed by atoms with Gasteiger partial charge in [0.05, 0.1) is 0 Å². The summed E-state index contributed by atoms with van der Waals surface area (Å²) in [6, 6.07) is 0. The standard InChI is InChI=1S/C7H14N2O/c1-5-8-9-6(10-5)7(2,3)4/h5,8H,1-4H3. The molecular formula is C7H14N2O. The predicted octanol–water partition coefficient (Wildman–Crippen LogP) is 1.31. The van der Waals surface area contributed by atoms with Crippen LogP contribution in [0.5, 0.6) is 0 Å². The minimum Gasteiger partial charge on any atom is -0.454 e. The Labute approximate surface area is 61.5 Å². The van der Waals surface area contributed by atoms with Gasteiger partial charge < -0.3 is 4.74 Å². The average molecular weight is 142 g/mol. The van der Waals surface area contributed by atoms with E-state index in [-0.39, 0.29) is 11.6 Å². The Morgan fingerprint density at radius 2 is 2.10 bits per heavy atom. The largest absolute Gasteiger partial charge is 0.454 e. The number of hydrazone groups is 1. The fourth-order valence-electron chi connectivity index (χ4n) is 0.714. The van der Waals surface area contributed by atoms with Gasteiger partial charge in [0, 0.05) is 5.41 Å². The van der Waals surface area contributed by atoms with Crippen molar-refractivity contribution in [3.05, 3.63) is 0 Å². The van der Waals surface area contributed by atoms with Gasteiger partial charge in [-0.1, -0.05) is 20.8 Å². The van der Waals surface area contributed by atoms with Crippen LogP contribution < -0.4 is 5.43 Å². The first-order chi connectivity index (χ1) is 4.50. The SMILES string of the molecule is CC1NN=C(C(C)(C)C)O1. The van der Waals surface area contributed by atoms with Crippen LogP contribution in [0.25, 0.3) is 0 Å². The number of hydrogen-bond donors (Lipinski definition) is 1. The van der Waals surface area contributed by atoms with E-state index in [1.165, 1.54) is 0 Å². The van der Waals surface area contributed by atoms with Gasteiger partial charge in [0.1, 0.15) is 0 Å². The summed E-state index contributed by atoms with van der Waals surface area (Å²) in [5.41, 5.74) is 2.87. The fourth-order valence-corrected chi connectivity index (χ4v) is 0.714. The first kappa shape index (κ1) is 7.38. The second kappa shape index (κ2) is 2.15. The summed E-state index contributed by atoms with van der Waals surface area (Å²) in [4.78, 5) is 0. The lowest BCUT2D eigenvalue weighted by atomic mass is 9.97. The van der Waals surface area contributed by atoms with Crippen LogP contribution in [0.3, 0.4) is 0 Å². The van der Waals surface area contributed by atoms with E-state index in [4.69, 9.17) is 4.74 Å². The molecule has 1 atom stereocenters. The van der Waals surface area contributed by atoms with Crippen molar-refractivity contribution >= 4 is 5.90 Å². The molecule has 3 heteroatoms. The Bertz CT molecular complexity index is 157. The van der Waals surface area contributed by atoms with Crippen LogP contribution >= 0.6 is 0 Å². The molecule has 0 aromatic heterocycles. The van der Waals surface area contributed by atoms with Gasteiger partial charge in [-0.3, -0.25) is 5.43 Å². The summed E-state index contributed by atoms with van der Waals surface area (Å²) < 4.78 is 5.36. The molecule has 0 radical (unpaired) electrons. The number of nitrogens with zero attached hydrogens (tertiary/aromatic N) is 1. The summed E-state index contributed by atoms with van der Waals surface area (Å²) in [6.07, 6.45) is 0.0363. The van der Waals surface area contributed by atoms with Gasteiger partial charge >= 0.3 is 0 Å². The monoisotopic (exact) mass is 142 g/mol. The normalized spacial score (nSPS) is 25.2. The third-order valence-corrected chi connectivity index (χ3v) is 1.28. The molecule has 1 aliphatic rings. The van der Waals surface area contributed by atoms with E-state index in [1.807, 2.05) is 6.92 Å². The van der Waals surface area contributed by atoms with E-state index in [2.05, 4.69) is 31.3 Å². The summed E-state index contributed by atoms with van der Waals surface area (Å²) >= 11 is 0. The molecule has 0 spiro atoms. The molecule has 10 heavy (non-hydrogen) atoms. The van der Waals surface area contributed by atoms with Crippen molar-refractivity contribution in [2.45, 2.75) is 33.9 Å². The minimum absolute atomic E-state index is 0.0256. The Kier molecular flexibility index (Phi) is 1.58. The predicted molar refractivity (Wildman–Crippen MR) is 40.6 cm³/mol. The number of ether oxygens (including phenoxy) is 1. The first-order valence-electron chi connectivity index (χ1n) is 3.50. The van der Waals surface area contributed by atoms with Crippen molar-refractivity contribution in [1.82, 2.24) is 5.43 Å². The molecule has 0 amide bonds. The molecule has 3 nitrogen and oxygen atoms in total. The van der Waals surface area contributed by atoms with Gasteiger partial charge in [-0.15, -0.1) is 5.10 Å². The van der Waals surface area contributed by atoms with Crippen LogP contribution in [-0.4, -0.2) is 12.1 Å². The maximum Gasteiger partial charge on any atom is 0.213 e. The molecule has 0 fully saturated rings. The van der Waals surface area contributed by atoms with Crippen molar-refractivity contribution in [3.8, 4) is 0 Å². The Morgan fingerprint density at radius 3 is 2.30 bits per heavy atom. The number of rotatable bonds is 0. The Hall–Kier alpha value is -0.730. The van der Waals surface area contributed by atoms with Crippen LogP contribution in [0.2, 0.25) is 0 Å². The minimum atomic E-state index is 0.0256. The second-order valence-corrected chi connectivity index (χ2v) is 3.56. The molecule has 0 saturated carbocycles. The van der Waals surface area contributed by atoms with E-state index in [0.717, 1.165) is 5.90 Å². The fraction of sp³-hybridized carbons (Fsp3) is 0.857. The molecule has 1 unspecified atom stereocenters. The summed E-state index contributed by atoms with van der Waals surface area (Å²) in [7, 11) is 0. The highest BCUT2D eigenvalue weighted by atomic mass is 16.5. The zero-order chi connectivity index (χ0) is 7.78. The molecule has 1 heterocycles. The quantitative estimate of drug-likeness (QED) is 0.553. The molecule has 0 aromatic carbocycles. The third kappa shape index (κ3) is 1.40. The van der Waals surface area contributed by atoms with Gasteiger partial charge in [-0.25, -0.2) is 0 Å². The highest BCUT2D eigenvalue weighted by Gasteiger charge is 2.26. The van der Waals surface area contributed by atoms with E-state index in [9.17, 15) is 0 Å². The van der Waals surface area contributed by atoms with Gasteiger partial charge in [-0.05, 0) is 6.92 Å². The van der Waals surface area contributed by atoms with Crippen LogP contribution in [0.15, 0.2) is 5.10 Å². The number of nitrogens with one attached hydrogen (secondary N) is 1. The molecular weight excluding hydrogens is 128 g/mol. The summed E-state index contributed by atoms with van der Waals surface area (Å²) in [6.45, 7) is 8.16. The molecule has 0 aliphatic carbocycles. The lowest BCUT2D eigenvalue weighted by Gasteiger charge is -2.16. The van der Waals surface area contributed by atoms with Gasteiger partial charge in [-0.2, -0.15) is 0 Å². The van der Waals surface area contributed by atoms with Crippen molar-refractivity contribution < 1.29 is 4.74 Å². The van der Waals surface area contributed by atoms with Crippen molar-refractivity contribution in [2.75, 3.05) is 0 Å². The maximum absolute atomic E-state index is 5.36. The maximum atomic E-state index is 5.36. The smallest absolute Gasteiger partial charge is 0.213 e.